The predicted octanol–water partition coefficient (Wildman–Crippen LogP) is 7.61. The molecule has 0 radical (unpaired) electrons. The summed E-state index contributed by atoms with van der Waals surface area (Å²) in [4.78, 5) is 24.5. The molecule has 1 amide bonds. The molecule has 3 N–H and O–H groups in total. The summed E-state index contributed by atoms with van der Waals surface area (Å²) in [5.74, 6) is 0.0814. The normalized spacial score (nSPS) is 29.4. The predicted molar refractivity (Wildman–Crippen MR) is 168 cm³/mol. The van der Waals surface area contributed by atoms with Crippen LogP contribution >= 0.6 is 11.6 Å². The largest absolute Gasteiger partial charge is 0.361 e. The number of fused-ring (bicyclic) bond motifs is 8. The molecular weight excluding hydrogens is 528 g/mol. The Bertz CT molecular complexity index is 1360. The molecule has 0 spiro atoms. The van der Waals surface area contributed by atoms with Crippen molar-refractivity contribution in [3.05, 3.63) is 81.9 Å². The van der Waals surface area contributed by atoms with Crippen LogP contribution in [0.25, 0.3) is 0 Å². The third-order valence-electron chi connectivity index (χ3n) is 11.4. The molecule has 0 aliphatic carbocycles. The van der Waals surface area contributed by atoms with Crippen LogP contribution < -0.4 is 5.32 Å². The minimum atomic E-state index is -0.271. The molecule has 2 saturated heterocycles. The molecule has 3 aliphatic rings. The van der Waals surface area contributed by atoms with Gasteiger partial charge in [-0.15, -0.1) is 0 Å². The number of hydrogen-bond acceptors (Lipinski definition) is 2. The van der Waals surface area contributed by atoms with Gasteiger partial charge in [0.25, 0.3) is 5.91 Å². The Balaban J connectivity index is 1.52. The lowest BCUT2D eigenvalue weighted by molar-refractivity contribution is 0.0505. The molecule has 8 bridgehead atoms. The summed E-state index contributed by atoms with van der Waals surface area (Å²) in [6.45, 7) is 18.7. The van der Waals surface area contributed by atoms with Crippen molar-refractivity contribution in [3.63, 3.8) is 0 Å². The van der Waals surface area contributed by atoms with Gasteiger partial charge >= 0.3 is 0 Å². The van der Waals surface area contributed by atoms with Gasteiger partial charge in [-0.3, -0.25) is 4.79 Å². The van der Waals surface area contributed by atoms with Gasteiger partial charge in [0.1, 0.15) is 0 Å². The van der Waals surface area contributed by atoms with Gasteiger partial charge in [0.05, 0.1) is 0 Å². The lowest BCUT2D eigenvalue weighted by atomic mass is 9.79. The van der Waals surface area contributed by atoms with E-state index in [0.29, 0.717) is 22.7 Å². The fraction of sp³-hybridized carbons (Fsp3) is 0.571. The SMILES string of the molecule is CC1(C)c2ccc([nH]2)C(C)(C)[C@H]2CC[C@H](N2C(=O)c2ccc(Cl)cc2)C(C)(C)c2ccc([nH]2)C(C)(C)[C@H]2CC[C@@H]1N2. The van der Waals surface area contributed by atoms with E-state index in [0.717, 1.165) is 25.7 Å². The van der Waals surface area contributed by atoms with Crippen molar-refractivity contribution >= 4 is 17.5 Å². The Morgan fingerprint density at radius 2 is 1.02 bits per heavy atom. The smallest absolute Gasteiger partial charge is 0.254 e. The lowest BCUT2D eigenvalue weighted by Gasteiger charge is -2.44. The maximum absolute atomic E-state index is 14.5. The fourth-order valence-electron chi connectivity index (χ4n) is 8.16. The first-order valence-corrected chi connectivity index (χ1v) is 15.8. The zero-order valence-corrected chi connectivity index (χ0v) is 26.7. The molecule has 3 aromatic rings. The van der Waals surface area contributed by atoms with Gasteiger partial charge < -0.3 is 20.2 Å². The molecule has 0 unspecified atom stereocenters. The van der Waals surface area contributed by atoms with Crippen LogP contribution in [0.1, 0.15) is 114 Å². The highest BCUT2D eigenvalue weighted by Crippen LogP contribution is 2.47. The Kier molecular flexibility index (Phi) is 6.63. The molecule has 5 heterocycles. The molecule has 0 saturated carbocycles. The number of amides is 1. The number of nitrogens with one attached hydrogen (secondary N) is 3. The number of hydrogen-bond donors (Lipinski definition) is 3. The standard InChI is InChI=1S/C35H47ClN4O/c1-32(2)23-13-14-24(37-23)33(3,4)26-16-18-28(39-26)35(7,8)30-20-19-29(34(5,6)27-17-15-25(32)38-27)40(30)31(41)21-9-11-22(36)12-10-21/h9-12,15-18,23-24,29-30,37-39H,13-14,19-20H2,1-8H3/t23-,24+,29+,30-. The summed E-state index contributed by atoms with van der Waals surface area (Å²) in [5, 5.41) is 4.71. The first-order chi connectivity index (χ1) is 19.1. The van der Waals surface area contributed by atoms with Gasteiger partial charge in [0.15, 0.2) is 0 Å². The Hall–Kier alpha value is -2.50. The van der Waals surface area contributed by atoms with Crippen molar-refractivity contribution in [2.75, 3.05) is 0 Å². The van der Waals surface area contributed by atoms with E-state index < -0.39 is 0 Å². The van der Waals surface area contributed by atoms with E-state index in [1.807, 2.05) is 24.3 Å². The van der Waals surface area contributed by atoms with E-state index in [1.54, 1.807) is 0 Å². The van der Waals surface area contributed by atoms with Gasteiger partial charge in [-0.1, -0.05) is 67.0 Å². The number of H-pyrrole nitrogens is 2. The van der Waals surface area contributed by atoms with Crippen LogP contribution in [0, 0.1) is 0 Å². The van der Waals surface area contributed by atoms with Crippen LogP contribution in [0.15, 0.2) is 48.5 Å². The van der Waals surface area contributed by atoms with Gasteiger partial charge in [-0.05, 0) is 74.2 Å². The first kappa shape index (κ1) is 28.6. The molecule has 2 fully saturated rings. The summed E-state index contributed by atoms with van der Waals surface area (Å²) in [6.07, 6.45) is 4.19. The summed E-state index contributed by atoms with van der Waals surface area (Å²) in [5.41, 5.74) is 4.94. The van der Waals surface area contributed by atoms with Crippen molar-refractivity contribution < 1.29 is 4.79 Å². The Labute approximate surface area is 250 Å². The van der Waals surface area contributed by atoms with E-state index in [-0.39, 0.29) is 39.7 Å². The molecule has 4 atom stereocenters. The number of aromatic amines is 2. The molecule has 220 valence electrons. The average molecular weight is 575 g/mol. The fourth-order valence-corrected chi connectivity index (χ4v) is 8.29. The van der Waals surface area contributed by atoms with Crippen molar-refractivity contribution in [1.82, 2.24) is 20.2 Å². The van der Waals surface area contributed by atoms with Gasteiger partial charge in [0, 0.05) is 79.2 Å². The van der Waals surface area contributed by atoms with Crippen molar-refractivity contribution in [1.29, 1.82) is 0 Å². The zero-order chi connectivity index (χ0) is 29.5. The number of halogens is 1. The monoisotopic (exact) mass is 574 g/mol. The van der Waals surface area contributed by atoms with Gasteiger partial charge in [-0.25, -0.2) is 0 Å². The average Bonchev–Trinajstić information content (AvgIpc) is 3.74. The molecule has 1 aromatic carbocycles. The molecule has 6 heteroatoms. The number of nitrogens with zero attached hydrogens (tertiary/aromatic N) is 1. The quantitative estimate of drug-likeness (QED) is 0.280. The van der Waals surface area contributed by atoms with Crippen LogP contribution in [0.3, 0.4) is 0 Å². The number of rotatable bonds is 1. The van der Waals surface area contributed by atoms with Crippen LogP contribution in [-0.4, -0.2) is 44.9 Å². The molecule has 2 aromatic heterocycles. The minimum absolute atomic E-state index is 0.0392. The van der Waals surface area contributed by atoms with Crippen LogP contribution in [0.2, 0.25) is 5.02 Å². The number of benzene rings is 1. The van der Waals surface area contributed by atoms with E-state index in [9.17, 15) is 4.79 Å². The van der Waals surface area contributed by atoms with Crippen LogP contribution in [0.4, 0.5) is 0 Å². The number of aromatic nitrogens is 2. The maximum atomic E-state index is 14.5. The molecule has 5 nitrogen and oxygen atoms in total. The molecule has 6 rings (SSSR count). The van der Waals surface area contributed by atoms with Crippen molar-refractivity contribution in [2.24, 2.45) is 0 Å². The molecular formula is C35H47ClN4O. The maximum Gasteiger partial charge on any atom is 0.254 e. The second-order valence-electron chi connectivity index (χ2n) is 15.1. The minimum Gasteiger partial charge on any atom is -0.361 e. The summed E-state index contributed by atoms with van der Waals surface area (Å²) in [6, 6.07) is 17.3. The van der Waals surface area contributed by atoms with E-state index >= 15 is 0 Å². The van der Waals surface area contributed by atoms with Crippen LogP contribution in [0.5, 0.6) is 0 Å². The van der Waals surface area contributed by atoms with E-state index in [4.69, 9.17) is 11.6 Å². The summed E-state index contributed by atoms with van der Waals surface area (Å²) in [7, 11) is 0. The third kappa shape index (κ3) is 4.41. The highest BCUT2D eigenvalue weighted by Gasteiger charge is 2.52. The third-order valence-corrected chi connectivity index (χ3v) is 11.7. The Morgan fingerprint density at radius 3 is 1.44 bits per heavy atom. The molecule has 3 aliphatic heterocycles. The Morgan fingerprint density at radius 1 is 0.634 bits per heavy atom. The van der Waals surface area contributed by atoms with E-state index in [2.05, 4.69) is 99.8 Å². The van der Waals surface area contributed by atoms with Crippen molar-refractivity contribution in [3.8, 4) is 0 Å². The van der Waals surface area contributed by atoms with Crippen molar-refractivity contribution in [2.45, 2.75) is 127 Å². The van der Waals surface area contributed by atoms with E-state index in [1.165, 1.54) is 22.8 Å². The zero-order valence-electron chi connectivity index (χ0n) is 26.0. The molecule has 41 heavy (non-hydrogen) atoms. The second kappa shape index (κ2) is 9.50. The van der Waals surface area contributed by atoms with Gasteiger partial charge in [-0.2, -0.15) is 0 Å². The number of carbonyl (C=O) groups excluding carboxylic acids is 1. The topological polar surface area (TPSA) is 63.9 Å². The highest BCUT2D eigenvalue weighted by molar-refractivity contribution is 6.30. The number of carbonyl (C=O) groups is 1. The highest BCUT2D eigenvalue weighted by atomic mass is 35.5. The van der Waals surface area contributed by atoms with Crippen LogP contribution in [-0.2, 0) is 21.7 Å². The summed E-state index contributed by atoms with van der Waals surface area (Å²) >= 11 is 6.22. The first-order valence-electron chi connectivity index (χ1n) is 15.4. The summed E-state index contributed by atoms with van der Waals surface area (Å²) < 4.78 is 0. The lowest BCUT2D eigenvalue weighted by Crippen LogP contribution is -2.54. The second-order valence-corrected chi connectivity index (χ2v) is 15.6. The van der Waals surface area contributed by atoms with Gasteiger partial charge in [0.2, 0.25) is 0 Å².